The Hall–Kier alpha value is -4.40. The van der Waals surface area contributed by atoms with E-state index in [4.69, 9.17) is 9.47 Å². The number of anilines is 1. The summed E-state index contributed by atoms with van der Waals surface area (Å²) < 4.78 is 26.2. The van der Waals surface area contributed by atoms with Crippen LogP contribution in [-0.2, 0) is 6.54 Å². The zero-order valence-corrected chi connectivity index (χ0v) is 17.8. The Balaban J connectivity index is 1.81. The number of carbonyl (C=O) groups is 1. The molecule has 0 aliphatic carbocycles. The molecule has 2 N–H and O–H groups in total. The highest BCUT2D eigenvalue weighted by Gasteiger charge is 2.18. The highest BCUT2D eigenvalue weighted by atomic mass is 19.1. The van der Waals surface area contributed by atoms with Gasteiger partial charge in [-0.15, -0.1) is 0 Å². The van der Waals surface area contributed by atoms with Gasteiger partial charge in [0.05, 0.1) is 26.3 Å². The number of aromatic amines is 1. The van der Waals surface area contributed by atoms with Gasteiger partial charge in [-0.05, 0) is 12.1 Å². The molecule has 2 heterocycles. The zero-order valence-electron chi connectivity index (χ0n) is 17.8. The number of carbonyl (C=O) groups excluding carboxylic acids is 1. The van der Waals surface area contributed by atoms with Crippen molar-refractivity contribution in [1.82, 2.24) is 9.55 Å². The summed E-state index contributed by atoms with van der Waals surface area (Å²) >= 11 is 0. The molecule has 0 saturated carbocycles. The van der Waals surface area contributed by atoms with Crippen LogP contribution in [-0.4, -0.2) is 29.7 Å². The molecular weight excluding hydrogens is 429 g/mol. The van der Waals surface area contributed by atoms with Gasteiger partial charge < -0.3 is 24.3 Å². The number of methoxy groups -OCH3 is 2. The first-order valence-electron chi connectivity index (χ1n) is 9.94. The van der Waals surface area contributed by atoms with Crippen LogP contribution in [0, 0.1) is 5.82 Å². The van der Waals surface area contributed by atoms with Crippen LogP contribution in [0.3, 0.4) is 0 Å². The number of nitrogens with zero attached hydrogens (tertiary/aromatic N) is 1. The summed E-state index contributed by atoms with van der Waals surface area (Å²) in [7, 11) is 2.95. The van der Waals surface area contributed by atoms with Gasteiger partial charge >= 0.3 is 0 Å². The molecule has 33 heavy (non-hydrogen) atoms. The van der Waals surface area contributed by atoms with Crippen molar-refractivity contribution < 1.29 is 18.7 Å². The highest BCUT2D eigenvalue weighted by Crippen LogP contribution is 2.26. The number of nitrogens with one attached hydrogen (secondary N) is 2. The van der Waals surface area contributed by atoms with Gasteiger partial charge in [0.15, 0.2) is 0 Å². The maximum atomic E-state index is 14.3. The monoisotopic (exact) mass is 449 g/mol. The Morgan fingerprint density at radius 3 is 2.39 bits per heavy atom. The van der Waals surface area contributed by atoms with Crippen LogP contribution in [0.4, 0.5) is 10.1 Å². The van der Waals surface area contributed by atoms with E-state index in [2.05, 4.69) is 10.3 Å². The second-order valence-corrected chi connectivity index (χ2v) is 7.23. The molecule has 168 valence electrons. The average molecular weight is 449 g/mol. The molecule has 2 aromatic heterocycles. The minimum atomic E-state index is -0.704. The Morgan fingerprint density at radius 2 is 1.73 bits per heavy atom. The van der Waals surface area contributed by atoms with Crippen molar-refractivity contribution in [1.29, 1.82) is 0 Å². The van der Waals surface area contributed by atoms with Crippen molar-refractivity contribution in [2.45, 2.75) is 6.54 Å². The molecule has 0 fully saturated rings. The zero-order chi connectivity index (χ0) is 23.5. The number of ether oxygens (including phenoxy) is 2. The third kappa shape index (κ3) is 4.47. The van der Waals surface area contributed by atoms with Gasteiger partial charge in [0.25, 0.3) is 5.91 Å². The van der Waals surface area contributed by atoms with Crippen LogP contribution in [0.15, 0.2) is 70.4 Å². The molecule has 1 amide bonds. The number of aromatic nitrogens is 2. The minimum absolute atomic E-state index is 0.0444. The quantitative estimate of drug-likeness (QED) is 0.471. The Morgan fingerprint density at radius 1 is 1.03 bits per heavy atom. The fourth-order valence-corrected chi connectivity index (χ4v) is 3.48. The second kappa shape index (κ2) is 8.99. The summed E-state index contributed by atoms with van der Waals surface area (Å²) in [5.41, 5.74) is -0.345. The second-order valence-electron chi connectivity index (χ2n) is 7.23. The summed E-state index contributed by atoms with van der Waals surface area (Å²) in [6, 6.07) is 13.7. The maximum absolute atomic E-state index is 14.3. The van der Waals surface area contributed by atoms with Crippen molar-refractivity contribution in [3.8, 4) is 11.5 Å². The van der Waals surface area contributed by atoms with E-state index in [-0.39, 0.29) is 17.6 Å². The summed E-state index contributed by atoms with van der Waals surface area (Å²) in [6.45, 7) is 0.0444. The maximum Gasteiger partial charge on any atom is 0.261 e. The van der Waals surface area contributed by atoms with Gasteiger partial charge in [-0.1, -0.05) is 18.2 Å². The van der Waals surface area contributed by atoms with Crippen molar-refractivity contribution in [3.05, 3.63) is 98.3 Å². The largest absolute Gasteiger partial charge is 0.497 e. The summed E-state index contributed by atoms with van der Waals surface area (Å²) in [6.07, 6.45) is 1.35. The SMILES string of the molecule is COc1cc(NC(=O)c2cn(Cc3ccccc3F)c3ccc(=O)[nH]c3c2=O)cc(OC)c1. The van der Waals surface area contributed by atoms with E-state index in [0.29, 0.717) is 28.3 Å². The molecule has 0 saturated heterocycles. The Labute approximate surface area is 187 Å². The molecule has 2 aromatic carbocycles. The molecule has 0 aliphatic rings. The first kappa shape index (κ1) is 21.8. The lowest BCUT2D eigenvalue weighted by molar-refractivity contribution is 0.102. The van der Waals surface area contributed by atoms with E-state index < -0.39 is 22.7 Å². The topological polar surface area (TPSA) is 102 Å². The smallest absolute Gasteiger partial charge is 0.261 e. The van der Waals surface area contributed by atoms with Crippen LogP contribution < -0.4 is 25.8 Å². The fraction of sp³-hybridized carbons (Fsp3) is 0.125. The number of amides is 1. The van der Waals surface area contributed by atoms with Crippen LogP contribution in [0.1, 0.15) is 15.9 Å². The Bertz CT molecular complexity index is 1450. The van der Waals surface area contributed by atoms with Crippen molar-refractivity contribution in [2.75, 3.05) is 19.5 Å². The molecule has 9 heteroatoms. The Kier molecular flexibility index (Phi) is 5.95. The molecule has 0 spiro atoms. The summed E-state index contributed by atoms with van der Waals surface area (Å²) in [4.78, 5) is 40.5. The molecule has 0 bridgehead atoms. The lowest BCUT2D eigenvalue weighted by Gasteiger charge is -2.14. The number of pyridine rings is 2. The van der Waals surface area contributed by atoms with Crippen molar-refractivity contribution >= 4 is 22.6 Å². The van der Waals surface area contributed by atoms with Gasteiger partial charge in [-0.25, -0.2) is 4.39 Å². The van der Waals surface area contributed by atoms with Crippen LogP contribution in [0.2, 0.25) is 0 Å². The molecule has 4 rings (SSSR count). The fourth-order valence-electron chi connectivity index (χ4n) is 3.48. The standard InChI is InChI=1S/C24H20FN3O5/c1-32-16-9-15(10-17(11-16)33-2)26-24(31)18-13-28(12-14-5-3-4-6-19(14)25)20-7-8-21(29)27-22(20)23(18)30/h3-11,13H,12H2,1-2H3,(H,26,31)(H,27,29). The number of H-pyrrole nitrogens is 1. The number of rotatable bonds is 6. The molecular formula is C24H20FN3O5. The average Bonchev–Trinajstić information content (AvgIpc) is 2.81. The summed E-state index contributed by atoms with van der Waals surface area (Å²) in [5, 5.41) is 2.65. The lowest BCUT2D eigenvalue weighted by Crippen LogP contribution is -2.26. The van der Waals surface area contributed by atoms with Crippen LogP contribution in [0.25, 0.3) is 11.0 Å². The van der Waals surface area contributed by atoms with E-state index in [0.717, 1.165) is 0 Å². The number of hydrogen-bond donors (Lipinski definition) is 2. The number of fused-ring (bicyclic) bond motifs is 1. The minimum Gasteiger partial charge on any atom is -0.497 e. The van der Waals surface area contributed by atoms with Crippen LogP contribution in [0.5, 0.6) is 11.5 Å². The van der Waals surface area contributed by atoms with E-state index in [1.54, 1.807) is 41.0 Å². The summed E-state index contributed by atoms with van der Waals surface area (Å²) in [5.74, 6) is -0.235. The highest BCUT2D eigenvalue weighted by molar-refractivity contribution is 6.05. The van der Waals surface area contributed by atoms with Crippen LogP contribution >= 0.6 is 0 Å². The molecule has 0 atom stereocenters. The number of halogens is 1. The van der Waals surface area contributed by atoms with Gasteiger partial charge in [-0.2, -0.15) is 0 Å². The first-order valence-corrected chi connectivity index (χ1v) is 9.94. The normalized spacial score (nSPS) is 10.8. The van der Waals surface area contributed by atoms with E-state index in [9.17, 15) is 18.8 Å². The predicted octanol–water partition coefficient (Wildman–Crippen LogP) is 3.15. The van der Waals surface area contributed by atoms with E-state index in [1.165, 1.54) is 38.6 Å². The van der Waals surface area contributed by atoms with Crippen molar-refractivity contribution in [2.24, 2.45) is 0 Å². The van der Waals surface area contributed by atoms with E-state index in [1.807, 2.05) is 0 Å². The van der Waals surface area contributed by atoms with Crippen molar-refractivity contribution in [3.63, 3.8) is 0 Å². The molecule has 0 unspecified atom stereocenters. The molecule has 4 aromatic rings. The molecule has 0 aliphatic heterocycles. The third-order valence-corrected chi connectivity index (χ3v) is 5.12. The van der Waals surface area contributed by atoms with Gasteiger partial charge in [0.2, 0.25) is 11.0 Å². The third-order valence-electron chi connectivity index (χ3n) is 5.12. The molecule has 8 nitrogen and oxygen atoms in total. The lowest BCUT2D eigenvalue weighted by atomic mass is 10.1. The number of benzene rings is 2. The number of hydrogen-bond acceptors (Lipinski definition) is 5. The van der Waals surface area contributed by atoms with Gasteiger partial charge in [-0.3, -0.25) is 14.4 Å². The van der Waals surface area contributed by atoms with Gasteiger partial charge in [0.1, 0.15) is 28.4 Å². The molecule has 0 radical (unpaired) electrons. The predicted molar refractivity (Wildman–Crippen MR) is 122 cm³/mol. The first-order chi connectivity index (χ1) is 15.9. The van der Waals surface area contributed by atoms with E-state index >= 15 is 0 Å². The van der Waals surface area contributed by atoms with Gasteiger partial charge in [0, 0.05) is 41.7 Å².